The maximum Gasteiger partial charge on any atom is 0.0802 e. The number of hydrogen-bond acceptors (Lipinski definition) is 2. The molecule has 29 heavy (non-hydrogen) atoms. The van der Waals surface area contributed by atoms with Crippen molar-refractivity contribution in [1.82, 2.24) is 0 Å². The summed E-state index contributed by atoms with van der Waals surface area (Å²) in [6, 6.07) is 0. The summed E-state index contributed by atoms with van der Waals surface area (Å²) in [5, 5.41) is 0. The van der Waals surface area contributed by atoms with Gasteiger partial charge in [0.05, 0.1) is 12.2 Å². The molecule has 0 heterocycles. The van der Waals surface area contributed by atoms with Gasteiger partial charge in [-0.25, -0.2) is 0 Å². The Hall–Kier alpha value is -0.0900. The summed E-state index contributed by atoms with van der Waals surface area (Å²) in [6.45, 7) is 4.40. The maximum atomic E-state index is 5.82. The van der Waals surface area contributed by atoms with Gasteiger partial charge >= 0.3 is 0 Å². The fourth-order valence-electron chi connectivity index (χ4n) is 2.76. The summed E-state index contributed by atoms with van der Waals surface area (Å²) in [7, 11) is 5.50. The van der Waals surface area contributed by atoms with Gasteiger partial charge in [-0.1, -0.05) is 109 Å². The second kappa shape index (κ2) is 24.2. The topological polar surface area (TPSA) is 18.5 Å². The van der Waals surface area contributed by atoms with Crippen LogP contribution in [-0.4, -0.2) is 12.2 Å². The van der Waals surface area contributed by atoms with Crippen LogP contribution in [0.1, 0.15) is 78.1 Å². The Labute approximate surface area is 187 Å². The number of hydrogen-bond donors (Lipinski definition) is 0. The number of rotatable bonds is 19. The molecule has 5 atom stereocenters. The fraction of sp³-hybridized carbons (Fsp3) is 0.583. The molecule has 0 aliphatic heterocycles. The average molecular weight is 457 g/mol. The smallest absolute Gasteiger partial charge is 0.0802 e. The molecule has 0 aromatic heterocycles. The van der Waals surface area contributed by atoms with Gasteiger partial charge in [-0.2, -0.15) is 0 Å². The molecule has 0 aliphatic rings. The quantitative estimate of drug-likeness (QED) is 0.0838. The first-order valence-electron chi connectivity index (χ1n) is 11.1. The monoisotopic (exact) mass is 456 g/mol. The lowest BCUT2D eigenvalue weighted by molar-refractivity contribution is 0.274. The molecule has 5 heteroatoms. The van der Waals surface area contributed by atoms with E-state index in [1.165, 1.54) is 25.7 Å². The highest BCUT2D eigenvalue weighted by molar-refractivity contribution is 8.00. The first-order valence-corrected chi connectivity index (χ1v) is 14.3. The zero-order valence-electron chi connectivity index (χ0n) is 18.5. The van der Waals surface area contributed by atoms with E-state index in [0.717, 1.165) is 38.5 Å². The second-order valence-corrected chi connectivity index (χ2v) is 8.42. The molecule has 0 saturated carbocycles. The van der Waals surface area contributed by atoms with Crippen LogP contribution in [0.4, 0.5) is 0 Å². The summed E-state index contributed by atoms with van der Waals surface area (Å²) >= 11 is 0. The van der Waals surface area contributed by atoms with Crippen molar-refractivity contribution in [2.24, 2.45) is 0 Å². The molecule has 0 bridgehead atoms. The summed E-state index contributed by atoms with van der Waals surface area (Å²) in [6.07, 6.45) is 33.6. The molecule has 0 fully saturated rings. The SMILES string of the molecule is CCC=CCC=CCCCC(C=CC=CC=CC(CCCCCC)OP)OPP. The molecule has 0 aromatic carbocycles. The van der Waals surface area contributed by atoms with Crippen LogP contribution in [0.2, 0.25) is 0 Å². The molecular formula is C24H43O2P3. The number of allylic oxidation sites excluding steroid dienone is 8. The van der Waals surface area contributed by atoms with E-state index < -0.39 is 0 Å². The van der Waals surface area contributed by atoms with Crippen molar-refractivity contribution in [1.29, 1.82) is 0 Å². The van der Waals surface area contributed by atoms with E-state index in [-0.39, 0.29) is 12.2 Å². The molecule has 2 nitrogen and oxygen atoms in total. The van der Waals surface area contributed by atoms with Crippen molar-refractivity contribution >= 4 is 26.9 Å². The Morgan fingerprint density at radius 1 is 0.793 bits per heavy atom. The van der Waals surface area contributed by atoms with E-state index in [1.807, 2.05) is 0 Å². The molecule has 0 rings (SSSR count). The zero-order chi connectivity index (χ0) is 21.4. The summed E-state index contributed by atoms with van der Waals surface area (Å²) in [4.78, 5) is 0. The number of unbranched alkanes of at least 4 members (excludes halogenated alkanes) is 4. The fourth-order valence-corrected chi connectivity index (χ4v) is 3.88. The largest absolute Gasteiger partial charge is 0.358 e. The lowest BCUT2D eigenvalue weighted by Crippen LogP contribution is -2.03. The van der Waals surface area contributed by atoms with Crippen LogP contribution in [0.25, 0.3) is 0 Å². The standard InChI is InChI=1S/C24H43O2P3/c1-3-5-7-9-10-11-12-17-21-24(26-29-28)22-18-14-13-16-20-23(25-27)19-15-8-6-4-2/h5,7,10-11,13-14,16,18,20,22-24,29H,3-4,6,8-9,12,15,17,19,21,27-28H2,1-2H3. The first-order chi connectivity index (χ1) is 14.3. The second-order valence-electron chi connectivity index (χ2n) is 6.97. The van der Waals surface area contributed by atoms with Crippen molar-refractivity contribution in [2.45, 2.75) is 90.3 Å². The highest BCUT2D eigenvalue weighted by Crippen LogP contribution is 2.26. The summed E-state index contributed by atoms with van der Waals surface area (Å²) in [5.74, 6) is 0. The van der Waals surface area contributed by atoms with Gasteiger partial charge in [0.1, 0.15) is 0 Å². The summed E-state index contributed by atoms with van der Waals surface area (Å²) < 4.78 is 11.3. The van der Waals surface area contributed by atoms with Crippen LogP contribution in [-0.2, 0) is 9.05 Å². The predicted molar refractivity (Wildman–Crippen MR) is 141 cm³/mol. The first kappa shape index (κ1) is 28.9. The van der Waals surface area contributed by atoms with Crippen molar-refractivity contribution in [2.75, 3.05) is 0 Å². The highest BCUT2D eigenvalue weighted by Gasteiger charge is 2.03. The lowest BCUT2D eigenvalue weighted by Gasteiger charge is -2.11. The van der Waals surface area contributed by atoms with E-state index in [9.17, 15) is 0 Å². The van der Waals surface area contributed by atoms with Crippen molar-refractivity contribution < 1.29 is 9.05 Å². The Kier molecular flexibility index (Phi) is 24.1. The Bertz CT molecular complexity index is 485. The van der Waals surface area contributed by atoms with Gasteiger partial charge in [0.25, 0.3) is 0 Å². The van der Waals surface area contributed by atoms with Crippen LogP contribution < -0.4 is 0 Å². The van der Waals surface area contributed by atoms with Crippen LogP contribution >= 0.6 is 26.9 Å². The lowest BCUT2D eigenvalue weighted by atomic mass is 10.1. The molecule has 166 valence electrons. The van der Waals surface area contributed by atoms with Gasteiger partial charge in [-0.3, -0.25) is 0 Å². The van der Waals surface area contributed by atoms with E-state index in [2.05, 4.69) is 93.0 Å². The third-order valence-electron chi connectivity index (χ3n) is 4.42. The Balaban J connectivity index is 4.15. The zero-order valence-corrected chi connectivity index (χ0v) is 21.8. The average Bonchev–Trinajstić information content (AvgIpc) is 2.73. The summed E-state index contributed by atoms with van der Waals surface area (Å²) in [5.41, 5.74) is 0. The van der Waals surface area contributed by atoms with E-state index >= 15 is 0 Å². The van der Waals surface area contributed by atoms with Crippen molar-refractivity contribution in [3.8, 4) is 0 Å². The molecular weight excluding hydrogens is 413 g/mol. The highest BCUT2D eigenvalue weighted by atomic mass is 32.0. The normalized spacial score (nSPS) is 15.4. The van der Waals surface area contributed by atoms with Gasteiger partial charge in [0.2, 0.25) is 0 Å². The van der Waals surface area contributed by atoms with E-state index in [4.69, 9.17) is 9.05 Å². The molecule has 5 unspecified atom stereocenters. The van der Waals surface area contributed by atoms with Crippen molar-refractivity contribution in [3.05, 3.63) is 60.8 Å². The molecule has 0 aromatic rings. The molecule has 0 saturated heterocycles. The van der Waals surface area contributed by atoms with Crippen LogP contribution in [0.3, 0.4) is 0 Å². The van der Waals surface area contributed by atoms with Crippen molar-refractivity contribution in [3.63, 3.8) is 0 Å². The minimum atomic E-state index is 0.186. The van der Waals surface area contributed by atoms with Crippen LogP contribution in [0, 0.1) is 0 Å². The van der Waals surface area contributed by atoms with E-state index in [0.29, 0.717) is 8.50 Å². The van der Waals surface area contributed by atoms with Gasteiger partial charge in [-0.15, -0.1) is 0 Å². The Morgan fingerprint density at radius 2 is 1.48 bits per heavy atom. The van der Waals surface area contributed by atoms with Gasteiger partial charge in [-0.05, 0) is 38.5 Å². The third kappa shape index (κ3) is 20.9. The third-order valence-corrected chi connectivity index (χ3v) is 5.62. The molecule has 0 N–H and O–H groups in total. The van der Waals surface area contributed by atoms with Crippen LogP contribution in [0.5, 0.6) is 0 Å². The van der Waals surface area contributed by atoms with E-state index in [1.54, 1.807) is 0 Å². The molecule has 0 spiro atoms. The minimum Gasteiger partial charge on any atom is -0.358 e. The Morgan fingerprint density at radius 3 is 2.14 bits per heavy atom. The molecule has 0 amide bonds. The predicted octanol–water partition coefficient (Wildman–Crippen LogP) is 8.65. The minimum absolute atomic E-state index is 0.186. The van der Waals surface area contributed by atoms with Gasteiger partial charge in [0, 0.05) is 18.0 Å². The maximum absolute atomic E-state index is 5.82. The molecule has 0 radical (unpaired) electrons. The molecule has 0 aliphatic carbocycles. The van der Waals surface area contributed by atoms with Gasteiger partial charge < -0.3 is 9.05 Å². The van der Waals surface area contributed by atoms with Gasteiger partial charge in [0.15, 0.2) is 0 Å². The van der Waals surface area contributed by atoms with Crippen LogP contribution in [0.15, 0.2) is 60.8 Å².